The molecule has 0 atom stereocenters. The van der Waals surface area contributed by atoms with Gasteiger partial charge < -0.3 is 15.1 Å². The fourth-order valence-corrected chi connectivity index (χ4v) is 5.15. The molecule has 0 aliphatic carbocycles. The Morgan fingerprint density at radius 2 is 1.36 bits per heavy atom. The van der Waals surface area contributed by atoms with Crippen molar-refractivity contribution in [1.82, 2.24) is 20.0 Å². The van der Waals surface area contributed by atoms with Gasteiger partial charge in [-0.3, -0.25) is 4.90 Å². The summed E-state index contributed by atoms with van der Waals surface area (Å²) >= 11 is 0. The summed E-state index contributed by atoms with van der Waals surface area (Å²) in [5, 5.41) is 3.31. The molecule has 2 fully saturated rings. The number of hydrogen-bond acceptors (Lipinski definition) is 3. The summed E-state index contributed by atoms with van der Waals surface area (Å²) in [5.41, 5.74) is 2.49. The summed E-state index contributed by atoms with van der Waals surface area (Å²) in [4.78, 5) is 20.4. The highest BCUT2D eigenvalue weighted by atomic mass is 16.2. The van der Waals surface area contributed by atoms with Crippen molar-refractivity contribution in [2.24, 2.45) is 5.92 Å². The molecule has 178 valence electrons. The molecule has 2 aliphatic rings. The molecular formula is C28H40N4O. The predicted molar refractivity (Wildman–Crippen MR) is 135 cm³/mol. The minimum atomic E-state index is -0.128. The number of rotatable bonds is 5. The summed E-state index contributed by atoms with van der Waals surface area (Å²) in [6.07, 6.45) is 2.18. The lowest BCUT2D eigenvalue weighted by atomic mass is 9.95. The highest BCUT2D eigenvalue weighted by molar-refractivity contribution is 5.75. The van der Waals surface area contributed by atoms with E-state index in [2.05, 4.69) is 60.2 Å². The fraction of sp³-hybridized carbons (Fsp3) is 0.536. The first-order valence-electron chi connectivity index (χ1n) is 12.5. The third-order valence-electron chi connectivity index (χ3n) is 7.27. The average Bonchev–Trinajstić information content (AvgIpc) is 2.84. The Morgan fingerprint density at radius 1 is 0.848 bits per heavy atom. The molecule has 4 rings (SSSR count). The van der Waals surface area contributed by atoms with Gasteiger partial charge in [-0.05, 0) is 50.7 Å². The number of urea groups is 1. The van der Waals surface area contributed by atoms with E-state index >= 15 is 0 Å². The van der Waals surface area contributed by atoms with Crippen molar-refractivity contribution in [3.05, 3.63) is 71.8 Å². The van der Waals surface area contributed by atoms with Gasteiger partial charge in [0.05, 0.1) is 6.04 Å². The number of amides is 2. The number of hydrogen-bond donors (Lipinski definition) is 1. The van der Waals surface area contributed by atoms with Crippen LogP contribution in [0.4, 0.5) is 4.79 Å². The van der Waals surface area contributed by atoms with Gasteiger partial charge in [0, 0.05) is 51.4 Å². The zero-order valence-corrected chi connectivity index (χ0v) is 20.5. The van der Waals surface area contributed by atoms with Crippen LogP contribution in [0, 0.1) is 5.92 Å². The number of carbonyl (C=O) groups is 1. The Bertz CT molecular complexity index is 824. The van der Waals surface area contributed by atoms with E-state index in [0.717, 1.165) is 63.2 Å². The Labute approximate surface area is 199 Å². The van der Waals surface area contributed by atoms with Crippen LogP contribution in [0.25, 0.3) is 0 Å². The largest absolute Gasteiger partial charge is 0.327 e. The Balaban J connectivity index is 1.28. The van der Waals surface area contributed by atoms with E-state index in [0.29, 0.717) is 5.92 Å². The second-order valence-electron chi connectivity index (χ2n) is 10.6. The summed E-state index contributed by atoms with van der Waals surface area (Å²) in [7, 11) is 0. The van der Waals surface area contributed by atoms with Crippen LogP contribution in [0.2, 0.25) is 0 Å². The molecule has 5 nitrogen and oxygen atoms in total. The molecule has 1 N–H and O–H groups in total. The van der Waals surface area contributed by atoms with Gasteiger partial charge in [-0.2, -0.15) is 0 Å². The molecule has 2 saturated heterocycles. The number of piperidine rings is 1. The maximum atomic E-state index is 13.2. The van der Waals surface area contributed by atoms with E-state index in [1.165, 1.54) is 6.54 Å². The quantitative estimate of drug-likeness (QED) is 0.726. The molecule has 2 aliphatic heterocycles. The highest BCUT2D eigenvalue weighted by Gasteiger charge is 2.29. The van der Waals surface area contributed by atoms with Gasteiger partial charge in [0.2, 0.25) is 0 Å². The number of carbonyl (C=O) groups excluding carboxylic acids is 1. The van der Waals surface area contributed by atoms with Crippen molar-refractivity contribution in [3.63, 3.8) is 0 Å². The van der Waals surface area contributed by atoms with Gasteiger partial charge in [-0.1, -0.05) is 60.7 Å². The smallest absolute Gasteiger partial charge is 0.318 e. The summed E-state index contributed by atoms with van der Waals surface area (Å²) < 4.78 is 0. The lowest BCUT2D eigenvalue weighted by molar-refractivity contribution is 0.0495. The third-order valence-corrected chi connectivity index (χ3v) is 7.27. The third kappa shape index (κ3) is 6.36. The molecule has 0 radical (unpaired) electrons. The van der Waals surface area contributed by atoms with Crippen LogP contribution >= 0.6 is 0 Å². The second kappa shape index (κ2) is 10.7. The number of benzene rings is 2. The minimum Gasteiger partial charge on any atom is -0.327 e. The molecular weight excluding hydrogens is 408 g/mol. The van der Waals surface area contributed by atoms with Crippen LogP contribution in [-0.2, 0) is 0 Å². The minimum absolute atomic E-state index is 0.0462. The van der Waals surface area contributed by atoms with Gasteiger partial charge in [0.25, 0.3) is 0 Å². The van der Waals surface area contributed by atoms with Crippen molar-refractivity contribution >= 4 is 6.03 Å². The second-order valence-corrected chi connectivity index (χ2v) is 10.6. The summed E-state index contributed by atoms with van der Waals surface area (Å²) in [5.74, 6) is 0.689. The number of nitrogens with one attached hydrogen (secondary N) is 1. The maximum Gasteiger partial charge on any atom is 0.318 e. The number of nitrogens with zero attached hydrogens (tertiary/aromatic N) is 3. The molecule has 2 heterocycles. The van der Waals surface area contributed by atoms with Crippen molar-refractivity contribution < 1.29 is 4.79 Å². The highest BCUT2D eigenvalue weighted by Crippen LogP contribution is 2.24. The van der Waals surface area contributed by atoms with Crippen LogP contribution in [-0.4, -0.2) is 72.1 Å². The summed E-state index contributed by atoms with van der Waals surface area (Å²) in [6, 6.07) is 20.4. The van der Waals surface area contributed by atoms with Gasteiger partial charge >= 0.3 is 6.03 Å². The first-order chi connectivity index (χ1) is 15.9. The topological polar surface area (TPSA) is 38.8 Å². The van der Waals surface area contributed by atoms with E-state index < -0.39 is 0 Å². The molecule has 0 unspecified atom stereocenters. The van der Waals surface area contributed by atoms with Crippen LogP contribution in [0.3, 0.4) is 0 Å². The number of likely N-dealkylation sites (tertiary alicyclic amines) is 1. The molecule has 2 aromatic rings. The Kier molecular flexibility index (Phi) is 7.71. The molecule has 2 amide bonds. The molecule has 2 aromatic carbocycles. The first-order valence-corrected chi connectivity index (χ1v) is 12.5. The Hall–Kier alpha value is -2.37. The first kappa shape index (κ1) is 23.8. The van der Waals surface area contributed by atoms with Crippen LogP contribution < -0.4 is 5.32 Å². The summed E-state index contributed by atoms with van der Waals surface area (Å²) in [6.45, 7) is 14.4. The van der Waals surface area contributed by atoms with E-state index in [1.807, 2.05) is 41.3 Å². The normalized spacial score (nSPS) is 19.1. The standard InChI is InChI=1S/C28H40N4O/c1-28(2,3)32-20-18-30(19-21-32)22-23-14-16-31(17-15-23)27(33)29-26(24-10-6-4-7-11-24)25-12-8-5-9-13-25/h4-13,23,26H,14-22H2,1-3H3,(H,29,33). The van der Waals surface area contributed by atoms with E-state index in [1.54, 1.807) is 0 Å². The van der Waals surface area contributed by atoms with Crippen LogP contribution in [0.1, 0.15) is 50.8 Å². The Morgan fingerprint density at radius 3 is 1.85 bits per heavy atom. The zero-order chi connectivity index (χ0) is 23.3. The molecule has 0 bridgehead atoms. The van der Waals surface area contributed by atoms with Crippen molar-refractivity contribution in [1.29, 1.82) is 0 Å². The van der Waals surface area contributed by atoms with E-state index in [-0.39, 0.29) is 17.6 Å². The van der Waals surface area contributed by atoms with Gasteiger partial charge in [-0.25, -0.2) is 4.79 Å². The SMILES string of the molecule is CC(C)(C)N1CCN(CC2CCN(C(=O)NC(c3ccccc3)c3ccccc3)CC2)CC1. The van der Waals surface area contributed by atoms with Crippen LogP contribution in [0.5, 0.6) is 0 Å². The molecule has 0 spiro atoms. The molecule has 5 heteroatoms. The maximum absolute atomic E-state index is 13.2. The predicted octanol–water partition coefficient (Wildman–Crippen LogP) is 4.61. The van der Waals surface area contributed by atoms with Crippen molar-refractivity contribution in [3.8, 4) is 0 Å². The monoisotopic (exact) mass is 448 g/mol. The van der Waals surface area contributed by atoms with Crippen molar-refractivity contribution in [2.75, 3.05) is 45.8 Å². The van der Waals surface area contributed by atoms with E-state index in [9.17, 15) is 4.79 Å². The zero-order valence-electron chi connectivity index (χ0n) is 20.5. The molecule has 0 aromatic heterocycles. The van der Waals surface area contributed by atoms with Crippen LogP contribution in [0.15, 0.2) is 60.7 Å². The van der Waals surface area contributed by atoms with Gasteiger partial charge in [0.1, 0.15) is 0 Å². The molecule has 0 saturated carbocycles. The lowest BCUT2D eigenvalue weighted by Crippen LogP contribution is -2.54. The lowest BCUT2D eigenvalue weighted by Gasteiger charge is -2.43. The molecule has 33 heavy (non-hydrogen) atoms. The van der Waals surface area contributed by atoms with E-state index in [4.69, 9.17) is 0 Å². The van der Waals surface area contributed by atoms with Gasteiger partial charge in [-0.15, -0.1) is 0 Å². The van der Waals surface area contributed by atoms with Gasteiger partial charge in [0.15, 0.2) is 0 Å². The number of piperazine rings is 1. The fourth-order valence-electron chi connectivity index (χ4n) is 5.15. The van der Waals surface area contributed by atoms with Crippen molar-refractivity contribution in [2.45, 2.75) is 45.2 Å². The average molecular weight is 449 g/mol.